The van der Waals surface area contributed by atoms with Crippen molar-refractivity contribution in [2.75, 3.05) is 11.1 Å². The summed E-state index contributed by atoms with van der Waals surface area (Å²) in [5.41, 5.74) is 14.5. The Bertz CT molecular complexity index is 1360. The fourth-order valence-corrected chi connectivity index (χ4v) is 3.67. The standard InChI is InChI=1S/C23H22ClN7O3/c1-12(2)31-22(25)19(23(26)33)20(29-31)14-7-5-13(6-8-14)10-17(32)28-18-11-16(30-34-18)21-15(24)4-3-9-27-21/h3-9,11-12H,10,25H2,1-2H3,(H2,26,33)(H,28,32). The number of hydrogen-bond acceptors (Lipinski definition) is 7. The second-order valence-electron chi connectivity index (χ2n) is 7.84. The molecule has 0 unspecified atom stereocenters. The molecule has 3 aromatic heterocycles. The Hall–Kier alpha value is -4.18. The number of nitrogens with two attached hydrogens (primary N) is 2. The molecule has 4 rings (SSSR count). The predicted octanol–water partition coefficient (Wildman–Crippen LogP) is 3.70. The first-order valence-corrected chi connectivity index (χ1v) is 10.8. The van der Waals surface area contributed by atoms with Crippen molar-refractivity contribution >= 4 is 35.1 Å². The molecule has 10 nitrogen and oxygen atoms in total. The Morgan fingerprint density at radius 2 is 1.91 bits per heavy atom. The van der Waals surface area contributed by atoms with Crippen LogP contribution in [0.25, 0.3) is 22.6 Å². The molecule has 2 amide bonds. The van der Waals surface area contributed by atoms with Crippen molar-refractivity contribution in [3.63, 3.8) is 0 Å². The van der Waals surface area contributed by atoms with E-state index in [1.54, 1.807) is 53.3 Å². The number of anilines is 2. The van der Waals surface area contributed by atoms with Crippen molar-refractivity contribution in [1.29, 1.82) is 0 Å². The molecular formula is C23H22ClN7O3. The third-order valence-electron chi connectivity index (χ3n) is 5.05. The number of halogens is 1. The maximum atomic E-state index is 12.5. The Labute approximate surface area is 199 Å². The number of carbonyl (C=O) groups excluding carboxylic acids is 2. The lowest BCUT2D eigenvalue weighted by Crippen LogP contribution is -2.15. The van der Waals surface area contributed by atoms with Gasteiger partial charge in [-0.05, 0) is 31.5 Å². The summed E-state index contributed by atoms with van der Waals surface area (Å²) >= 11 is 6.12. The van der Waals surface area contributed by atoms with Crippen molar-refractivity contribution in [3.05, 3.63) is 64.8 Å². The maximum Gasteiger partial charge on any atom is 0.254 e. The van der Waals surface area contributed by atoms with Crippen molar-refractivity contribution in [3.8, 4) is 22.6 Å². The molecule has 0 atom stereocenters. The van der Waals surface area contributed by atoms with E-state index in [-0.39, 0.29) is 35.6 Å². The lowest BCUT2D eigenvalue weighted by atomic mass is 10.0. The van der Waals surface area contributed by atoms with Gasteiger partial charge in [0.1, 0.15) is 28.5 Å². The number of pyridine rings is 1. The second kappa shape index (κ2) is 9.36. The van der Waals surface area contributed by atoms with E-state index < -0.39 is 5.91 Å². The fourth-order valence-electron chi connectivity index (χ4n) is 3.45. The first kappa shape index (κ1) is 23.0. The van der Waals surface area contributed by atoms with Crippen LogP contribution in [-0.2, 0) is 11.2 Å². The predicted molar refractivity (Wildman–Crippen MR) is 128 cm³/mol. The molecule has 0 bridgehead atoms. The largest absolute Gasteiger partial charge is 0.383 e. The highest BCUT2D eigenvalue weighted by atomic mass is 35.5. The third-order valence-corrected chi connectivity index (χ3v) is 5.35. The van der Waals surface area contributed by atoms with Gasteiger partial charge >= 0.3 is 0 Å². The van der Waals surface area contributed by atoms with E-state index in [0.29, 0.717) is 27.7 Å². The third kappa shape index (κ3) is 4.62. The van der Waals surface area contributed by atoms with Gasteiger partial charge < -0.3 is 16.0 Å². The van der Waals surface area contributed by atoms with Gasteiger partial charge in [-0.2, -0.15) is 5.10 Å². The van der Waals surface area contributed by atoms with E-state index in [2.05, 4.69) is 20.6 Å². The Balaban J connectivity index is 1.47. The molecule has 0 spiro atoms. The Morgan fingerprint density at radius 3 is 2.56 bits per heavy atom. The van der Waals surface area contributed by atoms with Crippen LogP contribution in [0.2, 0.25) is 5.02 Å². The monoisotopic (exact) mass is 479 g/mol. The number of amides is 2. The van der Waals surface area contributed by atoms with Crippen LogP contribution >= 0.6 is 11.6 Å². The molecule has 4 aromatic rings. The summed E-state index contributed by atoms with van der Waals surface area (Å²) in [6.45, 7) is 3.81. The molecular weight excluding hydrogens is 458 g/mol. The average molecular weight is 480 g/mol. The normalized spacial score (nSPS) is 11.1. The minimum absolute atomic E-state index is 0.0416. The van der Waals surface area contributed by atoms with Gasteiger partial charge in [0.15, 0.2) is 0 Å². The molecule has 34 heavy (non-hydrogen) atoms. The number of primary amides is 1. The maximum absolute atomic E-state index is 12.5. The molecule has 0 fully saturated rings. The highest BCUT2D eigenvalue weighted by molar-refractivity contribution is 6.32. The van der Waals surface area contributed by atoms with Gasteiger partial charge in [-0.1, -0.05) is 41.0 Å². The van der Waals surface area contributed by atoms with Crippen LogP contribution in [0.15, 0.2) is 53.2 Å². The number of rotatable bonds is 7. The van der Waals surface area contributed by atoms with Crippen molar-refractivity contribution in [2.45, 2.75) is 26.3 Å². The van der Waals surface area contributed by atoms with Gasteiger partial charge in [-0.25, -0.2) is 4.68 Å². The van der Waals surface area contributed by atoms with Gasteiger partial charge in [0.2, 0.25) is 11.8 Å². The van der Waals surface area contributed by atoms with E-state index in [9.17, 15) is 9.59 Å². The number of aromatic nitrogens is 4. The van der Waals surface area contributed by atoms with Gasteiger partial charge in [0, 0.05) is 23.9 Å². The van der Waals surface area contributed by atoms with Crippen LogP contribution < -0.4 is 16.8 Å². The van der Waals surface area contributed by atoms with Crippen LogP contribution in [0.4, 0.5) is 11.7 Å². The quantitative estimate of drug-likeness (QED) is 0.365. The van der Waals surface area contributed by atoms with Crippen LogP contribution in [0.5, 0.6) is 0 Å². The summed E-state index contributed by atoms with van der Waals surface area (Å²) in [7, 11) is 0. The number of nitrogens with one attached hydrogen (secondary N) is 1. The molecule has 0 aliphatic heterocycles. The topological polar surface area (TPSA) is 155 Å². The van der Waals surface area contributed by atoms with E-state index in [0.717, 1.165) is 5.56 Å². The molecule has 1 aromatic carbocycles. The highest BCUT2D eigenvalue weighted by Gasteiger charge is 2.22. The average Bonchev–Trinajstić information content (AvgIpc) is 3.39. The number of benzene rings is 1. The molecule has 0 saturated carbocycles. The molecule has 0 aliphatic carbocycles. The molecule has 0 aliphatic rings. The Kier molecular flexibility index (Phi) is 6.33. The molecule has 3 heterocycles. The summed E-state index contributed by atoms with van der Waals surface area (Å²) in [6, 6.07) is 12.0. The van der Waals surface area contributed by atoms with Gasteiger partial charge in [-0.15, -0.1) is 0 Å². The first-order chi connectivity index (χ1) is 16.2. The van der Waals surface area contributed by atoms with E-state index in [4.69, 9.17) is 27.6 Å². The zero-order chi connectivity index (χ0) is 24.4. The number of nitrogens with zero attached hydrogens (tertiary/aromatic N) is 4. The first-order valence-electron chi connectivity index (χ1n) is 10.4. The van der Waals surface area contributed by atoms with E-state index >= 15 is 0 Å². The number of carbonyl (C=O) groups is 2. The second-order valence-corrected chi connectivity index (χ2v) is 8.25. The van der Waals surface area contributed by atoms with Crippen molar-refractivity contribution < 1.29 is 14.1 Å². The molecule has 11 heteroatoms. The van der Waals surface area contributed by atoms with E-state index in [1.807, 2.05) is 13.8 Å². The molecule has 0 saturated heterocycles. The number of hydrogen-bond donors (Lipinski definition) is 3. The minimum Gasteiger partial charge on any atom is -0.383 e. The van der Waals surface area contributed by atoms with Gasteiger partial charge in [0.25, 0.3) is 5.91 Å². The van der Waals surface area contributed by atoms with E-state index in [1.165, 1.54) is 0 Å². The molecule has 0 radical (unpaired) electrons. The summed E-state index contributed by atoms with van der Waals surface area (Å²) in [5, 5.41) is 11.4. The smallest absolute Gasteiger partial charge is 0.254 e. The van der Waals surface area contributed by atoms with Crippen LogP contribution in [0.1, 0.15) is 35.8 Å². The SMILES string of the molecule is CC(C)n1nc(-c2ccc(CC(=O)Nc3cc(-c4ncccc4Cl)no3)cc2)c(C(N)=O)c1N. The summed E-state index contributed by atoms with van der Waals surface area (Å²) in [5.74, 6) is -0.548. The van der Waals surface area contributed by atoms with Crippen LogP contribution in [-0.4, -0.2) is 31.7 Å². The van der Waals surface area contributed by atoms with Crippen LogP contribution in [0.3, 0.4) is 0 Å². The molecule has 5 N–H and O–H groups in total. The zero-order valence-electron chi connectivity index (χ0n) is 18.4. The summed E-state index contributed by atoms with van der Waals surface area (Å²) in [4.78, 5) is 28.6. The van der Waals surface area contributed by atoms with Crippen LogP contribution in [0, 0.1) is 0 Å². The summed E-state index contributed by atoms with van der Waals surface area (Å²) < 4.78 is 6.74. The fraction of sp³-hybridized carbons (Fsp3) is 0.174. The number of nitrogen functional groups attached to an aromatic ring is 1. The lowest BCUT2D eigenvalue weighted by molar-refractivity contribution is -0.115. The Morgan fingerprint density at radius 1 is 1.18 bits per heavy atom. The van der Waals surface area contributed by atoms with Gasteiger partial charge in [0.05, 0.1) is 11.4 Å². The van der Waals surface area contributed by atoms with Gasteiger partial charge in [-0.3, -0.25) is 19.9 Å². The molecule has 174 valence electrons. The lowest BCUT2D eigenvalue weighted by Gasteiger charge is -2.07. The zero-order valence-corrected chi connectivity index (χ0v) is 19.2. The van der Waals surface area contributed by atoms with Crippen molar-refractivity contribution in [2.24, 2.45) is 5.73 Å². The minimum atomic E-state index is -0.652. The van der Waals surface area contributed by atoms with Crippen molar-refractivity contribution in [1.82, 2.24) is 19.9 Å². The summed E-state index contributed by atoms with van der Waals surface area (Å²) in [6.07, 6.45) is 1.68. The highest BCUT2D eigenvalue weighted by Crippen LogP contribution is 2.29.